The molecule has 0 amide bonds. The average Bonchev–Trinajstić information content (AvgIpc) is 2.95. The van der Waals surface area contributed by atoms with E-state index < -0.39 is 0 Å². The largest absolute Gasteiger partial charge is 0.376 e. The van der Waals surface area contributed by atoms with E-state index in [1.165, 1.54) is 35.7 Å². The number of aryl methyl sites for hydroxylation is 1. The van der Waals surface area contributed by atoms with Gasteiger partial charge in [-0.15, -0.1) is 11.3 Å². The third kappa shape index (κ3) is 3.58. The smallest absolute Gasteiger partial charge is 0.0809 e. The number of hydrogen-bond acceptors (Lipinski definition) is 3. The van der Waals surface area contributed by atoms with Gasteiger partial charge in [0.15, 0.2) is 0 Å². The maximum absolute atomic E-state index is 5.72. The molecule has 2 heterocycles. The second-order valence-electron chi connectivity index (χ2n) is 4.42. The van der Waals surface area contributed by atoms with E-state index in [1.54, 1.807) is 0 Å². The number of rotatable bonds is 6. The van der Waals surface area contributed by atoms with Crippen molar-refractivity contribution in [2.24, 2.45) is 5.92 Å². The molecule has 0 radical (unpaired) electrons. The van der Waals surface area contributed by atoms with Crippen LogP contribution in [0.4, 0.5) is 0 Å². The van der Waals surface area contributed by atoms with E-state index in [2.05, 4.69) is 24.4 Å². The monoisotopic (exact) mass is 239 g/mol. The van der Waals surface area contributed by atoms with E-state index in [-0.39, 0.29) is 0 Å². The van der Waals surface area contributed by atoms with Crippen molar-refractivity contribution in [1.82, 2.24) is 5.32 Å². The Morgan fingerprint density at radius 1 is 1.44 bits per heavy atom. The normalized spacial score (nSPS) is 20.4. The van der Waals surface area contributed by atoms with Gasteiger partial charge in [-0.3, -0.25) is 0 Å². The fourth-order valence-electron chi connectivity index (χ4n) is 2.07. The van der Waals surface area contributed by atoms with Crippen molar-refractivity contribution in [3.63, 3.8) is 0 Å². The highest BCUT2D eigenvalue weighted by atomic mass is 32.1. The van der Waals surface area contributed by atoms with E-state index in [1.807, 2.05) is 11.3 Å². The maximum atomic E-state index is 5.72. The lowest BCUT2D eigenvalue weighted by Gasteiger charge is -2.07. The lowest BCUT2D eigenvalue weighted by molar-refractivity contribution is 0.111. The molecule has 0 bridgehead atoms. The Morgan fingerprint density at radius 2 is 2.31 bits per heavy atom. The Kier molecular flexibility index (Phi) is 4.82. The van der Waals surface area contributed by atoms with Gasteiger partial charge in [0.05, 0.1) is 6.61 Å². The molecule has 1 atom stereocenters. The van der Waals surface area contributed by atoms with Crippen molar-refractivity contribution in [3.8, 4) is 0 Å². The van der Waals surface area contributed by atoms with Gasteiger partial charge in [-0.05, 0) is 50.4 Å². The number of ether oxygens (including phenoxy) is 1. The van der Waals surface area contributed by atoms with Crippen molar-refractivity contribution in [2.75, 3.05) is 19.7 Å². The van der Waals surface area contributed by atoms with Crippen molar-refractivity contribution in [3.05, 3.63) is 21.9 Å². The first kappa shape index (κ1) is 12.1. The van der Waals surface area contributed by atoms with Gasteiger partial charge in [0, 0.05) is 16.4 Å². The van der Waals surface area contributed by atoms with E-state index in [0.717, 1.165) is 25.6 Å². The predicted octanol–water partition coefficient (Wildman–Crippen LogP) is 2.83. The van der Waals surface area contributed by atoms with Gasteiger partial charge in [0.1, 0.15) is 0 Å². The van der Waals surface area contributed by atoms with Crippen molar-refractivity contribution < 1.29 is 4.74 Å². The molecule has 0 aromatic carbocycles. The van der Waals surface area contributed by atoms with E-state index in [0.29, 0.717) is 0 Å². The summed E-state index contributed by atoms with van der Waals surface area (Å²) in [6.45, 7) is 6.28. The standard InChI is InChI=1S/C13H21NOS/c1-2-12-3-4-13(16-12)10-15-8-6-11-5-7-14-9-11/h3-4,11,14H,2,5-10H2,1H3. The maximum Gasteiger partial charge on any atom is 0.0809 e. The summed E-state index contributed by atoms with van der Waals surface area (Å²) in [5.74, 6) is 0.842. The second kappa shape index (κ2) is 6.38. The summed E-state index contributed by atoms with van der Waals surface area (Å²) >= 11 is 1.88. The van der Waals surface area contributed by atoms with Crippen molar-refractivity contribution >= 4 is 11.3 Å². The highest BCUT2D eigenvalue weighted by Crippen LogP contribution is 2.18. The van der Waals surface area contributed by atoms with E-state index in [4.69, 9.17) is 4.74 Å². The zero-order valence-corrected chi connectivity index (χ0v) is 10.8. The van der Waals surface area contributed by atoms with Crippen LogP contribution in [0.25, 0.3) is 0 Å². The van der Waals surface area contributed by atoms with E-state index >= 15 is 0 Å². The number of nitrogens with one attached hydrogen (secondary N) is 1. The molecule has 16 heavy (non-hydrogen) atoms. The Labute approximate surface area is 102 Å². The van der Waals surface area contributed by atoms with Gasteiger partial charge in [0.2, 0.25) is 0 Å². The first-order valence-electron chi connectivity index (χ1n) is 6.24. The Morgan fingerprint density at radius 3 is 3.00 bits per heavy atom. The topological polar surface area (TPSA) is 21.3 Å². The van der Waals surface area contributed by atoms with Gasteiger partial charge >= 0.3 is 0 Å². The van der Waals surface area contributed by atoms with Gasteiger partial charge in [-0.25, -0.2) is 0 Å². The molecular formula is C13H21NOS. The molecule has 1 aromatic heterocycles. The third-order valence-corrected chi connectivity index (χ3v) is 4.35. The molecule has 0 spiro atoms. The summed E-state index contributed by atoms with van der Waals surface area (Å²) < 4.78 is 5.72. The van der Waals surface area contributed by atoms with Gasteiger partial charge in [-0.1, -0.05) is 6.92 Å². The molecule has 1 aliphatic heterocycles. The summed E-state index contributed by atoms with van der Waals surface area (Å²) in [6.07, 6.45) is 3.67. The zero-order valence-electron chi connectivity index (χ0n) is 10.00. The fourth-order valence-corrected chi connectivity index (χ4v) is 2.97. The van der Waals surface area contributed by atoms with Crippen molar-refractivity contribution in [1.29, 1.82) is 0 Å². The van der Waals surface area contributed by atoms with Crippen LogP contribution in [0.1, 0.15) is 29.5 Å². The second-order valence-corrected chi connectivity index (χ2v) is 5.67. The van der Waals surface area contributed by atoms with Crippen LogP contribution in [0.3, 0.4) is 0 Å². The van der Waals surface area contributed by atoms with Crippen LogP contribution in [-0.4, -0.2) is 19.7 Å². The first-order chi connectivity index (χ1) is 7.88. The van der Waals surface area contributed by atoms with Crippen LogP contribution in [0.2, 0.25) is 0 Å². The molecule has 0 aliphatic carbocycles. The molecule has 1 unspecified atom stereocenters. The Bertz CT molecular complexity index is 305. The quantitative estimate of drug-likeness (QED) is 0.771. The van der Waals surface area contributed by atoms with Crippen LogP contribution < -0.4 is 5.32 Å². The molecule has 1 N–H and O–H groups in total. The van der Waals surface area contributed by atoms with Crippen LogP contribution in [0, 0.1) is 5.92 Å². The Balaban J connectivity index is 1.60. The van der Waals surface area contributed by atoms with Crippen LogP contribution >= 0.6 is 11.3 Å². The molecule has 1 fully saturated rings. The average molecular weight is 239 g/mol. The SMILES string of the molecule is CCc1ccc(COCCC2CCNC2)s1. The number of thiophene rings is 1. The number of hydrogen-bond donors (Lipinski definition) is 1. The molecule has 2 rings (SSSR count). The van der Waals surface area contributed by atoms with Gasteiger partial charge in [0.25, 0.3) is 0 Å². The zero-order chi connectivity index (χ0) is 11.2. The summed E-state index contributed by atoms with van der Waals surface area (Å²) in [7, 11) is 0. The molecule has 0 saturated carbocycles. The van der Waals surface area contributed by atoms with E-state index in [9.17, 15) is 0 Å². The molecule has 1 aliphatic rings. The van der Waals surface area contributed by atoms with Crippen LogP contribution in [0.5, 0.6) is 0 Å². The molecule has 3 heteroatoms. The first-order valence-corrected chi connectivity index (χ1v) is 7.06. The predicted molar refractivity (Wildman–Crippen MR) is 68.9 cm³/mol. The fraction of sp³-hybridized carbons (Fsp3) is 0.692. The minimum atomic E-state index is 0.796. The summed E-state index contributed by atoms with van der Waals surface area (Å²) in [5, 5.41) is 3.39. The van der Waals surface area contributed by atoms with Gasteiger partial charge in [-0.2, -0.15) is 0 Å². The van der Waals surface area contributed by atoms with Crippen LogP contribution in [0.15, 0.2) is 12.1 Å². The minimum absolute atomic E-state index is 0.796. The molecular weight excluding hydrogens is 218 g/mol. The highest BCUT2D eigenvalue weighted by Gasteiger charge is 2.13. The lowest BCUT2D eigenvalue weighted by Crippen LogP contribution is -2.10. The minimum Gasteiger partial charge on any atom is -0.376 e. The summed E-state index contributed by atoms with van der Waals surface area (Å²) in [5.41, 5.74) is 0. The molecule has 1 saturated heterocycles. The molecule has 90 valence electrons. The van der Waals surface area contributed by atoms with Gasteiger partial charge < -0.3 is 10.1 Å². The summed E-state index contributed by atoms with van der Waals surface area (Å²) in [4.78, 5) is 2.82. The Hall–Kier alpha value is -0.380. The lowest BCUT2D eigenvalue weighted by atomic mass is 10.1. The highest BCUT2D eigenvalue weighted by molar-refractivity contribution is 7.11. The summed E-state index contributed by atoms with van der Waals surface area (Å²) in [6, 6.07) is 4.41. The molecule has 2 nitrogen and oxygen atoms in total. The molecule has 1 aromatic rings. The third-order valence-electron chi connectivity index (χ3n) is 3.14. The van der Waals surface area contributed by atoms with Crippen molar-refractivity contribution in [2.45, 2.75) is 32.8 Å². The van der Waals surface area contributed by atoms with Crippen LogP contribution in [-0.2, 0) is 17.8 Å².